The standard InChI is InChI=1S/C12H21NS/c13-8-12(4-1-5-14-12)11-7-9-2-3-10(11)6-9/h9-11H,1-8,13H2. The number of nitrogens with two attached hydrogens (primary N) is 1. The van der Waals surface area contributed by atoms with Gasteiger partial charge in [0.1, 0.15) is 0 Å². The first-order valence-corrected chi connectivity index (χ1v) is 7.17. The van der Waals surface area contributed by atoms with Crippen molar-refractivity contribution in [2.75, 3.05) is 12.3 Å². The molecule has 0 aromatic heterocycles. The van der Waals surface area contributed by atoms with Crippen LogP contribution in [-0.2, 0) is 0 Å². The summed E-state index contributed by atoms with van der Waals surface area (Å²) in [5.74, 6) is 4.48. The highest BCUT2D eigenvalue weighted by atomic mass is 32.2. The molecule has 4 atom stereocenters. The van der Waals surface area contributed by atoms with E-state index in [0.717, 1.165) is 24.3 Å². The fourth-order valence-electron chi connectivity index (χ4n) is 4.21. The molecule has 1 saturated heterocycles. The number of thioether (sulfide) groups is 1. The Bertz CT molecular complexity index is 222. The fraction of sp³-hybridized carbons (Fsp3) is 1.00. The average molecular weight is 211 g/mol. The number of rotatable bonds is 2. The van der Waals surface area contributed by atoms with Gasteiger partial charge < -0.3 is 5.73 Å². The van der Waals surface area contributed by atoms with Gasteiger partial charge in [-0.1, -0.05) is 6.42 Å². The Morgan fingerprint density at radius 1 is 1.29 bits per heavy atom. The summed E-state index contributed by atoms with van der Waals surface area (Å²) < 4.78 is 0.514. The SMILES string of the molecule is NCC1(C2CC3CCC2C3)CCCS1. The van der Waals surface area contributed by atoms with Crippen LogP contribution in [0.15, 0.2) is 0 Å². The minimum absolute atomic E-state index is 0.514. The van der Waals surface area contributed by atoms with E-state index in [2.05, 4.69) is 11.8 Å². The number of hydrogen-bond donors (Lipinski definition) is 1. The monoisotopic (exact) mass is 211 g/mol. The molecule has 0 aromatic carbocycles. The predicted molar refractivity (Wildman–Crippen MR) is 62.4 cm³/mol. The van der Waals surface area contributed by atoms with Gasteiger partial charge in [0.15, 0.2) is 0 Å². The van der Waals surface area contributed by atoms with Crippen LogP contribution >= 0.6 is 11.8 Å². The zero-order valence-corrected chi connectivity index (χ0v) is 9.69. The molecule has 1 nitrogen and oxygen atoms in total. The van der Waals surface area contributed by atoms with E-state index in [1.807, 2.05) is 0 Å². The summed E-state index contributed by atoms with van der Waals surface area (Å²) in [5, 5.41) is 0. The molecule has 2 bridgehead atoms. The number of fused-ring (bicyclic) bond motifs is 2. The molecule has 2 heteroatoms. The smallest absolute Gasteiger partial charge is 0.0313 e. The van der Waals surface area contributed by atoms with Crippen molar-refractivity contribution in [3.63, 3.8) is 0 Å². The second-order valence-corrected chi connectivity index (χ2v) is 7.01. The predicted octanol–water partition coefficient (Wildman–Crippen LogP) is 2.65. The van der Waals surface area contributed by atoms with Crippen molar-refractivity contribution in [2.24, 2.45) is 23.5 Å². The first kappa shape index (κ1) is 9.53. The van der Waals surface area contributed by atoms with E-state index >= 15 is 0 Å². The molecule has 0 spiro atoms. The Hall–Kier alpha value is 0.310. The Morgan fingerprint density at radius 2 is 2.21 bits per heavy atom. The van der Waals surface area contributed by atoms with E-state index in [9.17, 15) is 0 Å². The number of hydrogen-bond acceptors (Lipinski definition) is 2. The van der Waals surface area contributed by atoms with E-state index in [1.165, 1.54) is 44.3 Å². The maximum absolute atomic E-state index is 6.06. The van der Waals surface area contributed by atoms with E-state index in [4.69, 9.17) is 5.73 Å². The van der Waals surface area contributed by atoms with Crippen LogP contribution < -0.4 is 5.73 Å². The molecular weight excluding hydrogens is 190 g/mol. The van der Waals surface area contributed by atoms with Gasteiger partial charge in [-0.25, -0.2) is 0 Å². The van der Waals surface area contributed by atoms with Crippen molar-refractivity contribution in [3.05, 3.63) is 0 Å². The van der Waals surface area contributed by atoms with Crippen molar-refractivity contribution in [2.45, 2.75) is 43.3 Å². The maximum Gasteiger partial charge on any atom is 0.0313 e. The topological polar surface area (TPSA) is 26.0 Å². The molecule has 0 amide bonds. The maximum atomic E-state index is 6.06. The highest BCUT2D eigenvalue weighted by Crippen LogP contribution is 2.58. The molecule has 3 rings (SSSR count). The lowest BCUT2D eigenvalue weighted by Gasteiger charge is -2.38. The van der Waals surface area contributed by atoms with Crippen molar-refractivity contribution >= 4 is 11.8 Å². The van der Waals surface area contributed by atoms with Crippen LogP contribution in [-0.4, -0.2) is 17.0 Å². The minimum Gasteiger partial charge on any atom is -0.329 e. The van der Waals surface area contributed by atoms with Gasteiger partial charge in [0.05, 0.1) is 0 Å². The van der Waals surface area contributed by atoms with Crippen LogP contribution in [0.25, 0.3) is 0 Å². The summed E-state index contributed by atoms with van der Waals surface area (Å²) in [4.78, 5) is 0. The summed E-state index contributed by atoms with van der Waals surface area (Å²) in [7, 11) is 0. The van der Waals surface area contributed by atoms with Gasteiger partial charge >= 0.3 is 0 Å². The molecular formula is C12H21NS. The molecule has 2 aliphatic carbocycles. The van der Waals surface area contributed by atoms with Gasteiger partial charge in [0.25, 0.3) is 0 Å². The van der Waals surface area contributed by atoms with Gasteiger partial charge in [-0.05, 0) is 55.6 Å². The van der Waals surface area contributed by atoms with E-state index in [1.54, 1.807) is 0 Å². The fourth-order valence-corrected chi connectivity index (χ4v) is 5.82. The molecule has 80 valence electrons. The van der Waals surface area contributed by atoms with Crippen LogP contribution in [0, 0.1) is 17.8 Å². The van der Waals surface area contributed by atoms with Crippen LogP contribution in [0.4, 0.5) is 0 Å². The van der Waals surface area contributed by atoms with Crippen LogP contribution in [0.1, 0.15) is 38.5 Å². The summed E-state index contributed by atoms with van der Waals surface area (Å²) in [6.45, 7) is 0.936. The molecule has 0 aromatic rings. The molecule has 1 heterocycles. The highest BCUT2D eigenvalue weighted by molar-refractivity contribution is 8.00. The van der Waals surface area contributed by atoms with Crippen molar-refractivity contribution in [1.82, 2.24) is 0 Å². The first-order chi connectivity index (χ1) is 6.84. The van der Waals surface area contributed by atoms with Gasteiger partial charge in [0, 0.05) is 11.3 Å². The summed E-state index contributed by atoms with van der Waals surface area (Å²) >= 11 is 2.20. The summed E-state index contributed by atoms with van der Waals surface area (Å²) in [6, 6.07) is 0. The highest BCUT2D eigenvalue weighted by Gasteiger charge is 2.51. The third-order valence-corrected chi connectivity index (χ3v) is 6.63. The Morgan fingerprint density at radius 3 is 2.71 bits per heavy atom. The van der Waals surface area contributed by atoms with E-state index in [0.29, 0.717) is 4.75 Å². The Kier molecular flexibility index (Phi) is 2.32. The van der Waals surface area contributed by atoms with Crippen LogP contribution in [0.2, 0.25) is 0 Å². The Balaban J connectivity index is 1.80. The van der Waals surface area contributed by atoms with E-state index < -0.39 is 0 Å². The third-order valence-electron chi connectivity index (χ3n) is 4.89. The molecule has 2 saturated carbocycles. The van der Waals surface area contributed by atoms with E-state index in [-0.39, 0.29) is 0 Å². The van der Waals surface area contributed by atoms with Gasteiger partial charge in [0.2, 0.25) is 0 Å². The zero-order chi connectivity index (χ0) is 9.60. The first-order valence-electron chi connectivity index (χ1n) is 6.18. The second kappa shape index (κ2) is 3.41. The second-order valence-electron chi connectivity index (χ2n) is 5.50. The molecule has 3 aliphatic rings. The minimum atomic E-state index is 0.514. The van der Waals surface area contributed by atoms with Gasteiger partial charge in [-0.15, -0.1) is 0 Å². The quantitative estimate of drug-likeness (QED) is 0.760. The lowest BCUT2D eigenvalue weighted by atomic mass is 9.77. The van der Waals surface area contributed by atoms with Crippen LogP contribution in [0.3, 0.4) is 0 Å². The van der Waals surface area contributed by atoms with Gasteiger partial charge in [-0.2, -0.15) is 11.8 Å². The molecule has 2 N–H and O–H groups in total. The normalized spacial score (nSPS) is 51.6. The van der Waals surface area contributed by atoms with Crippen molar-refractivity contribution < 1.29 is 0 Å². The molecule has 4 unspecified atom stereocenters. The lowest BCUT2D eigenvalue weighted by Crippen LogP contribution is -2.42. The lowest BCUT2D eigenvalue weighted by molar-refractivity contribution is 0.254. The summed E-state index contributed by atoms with van der Waals surface area (Å²) in [6.07, 6.45) is 8.89. The third kappa shape index (κ3) is 1.26. The van der Waals surface area contributed by atoms with Crippen LogP contribution in [0.5, 0.6) is 0 Å². The molecule has 0 radical (unpaired) electrons. The van der Waals surface area contributed by atoms with Crippen molar-refractivity contribution in [1.29, 1.82) is 0 Å². The average Bonchev–Trinajstić information content (AvgIpc) is 2.94. The largest absolute Gasteiger partial charge is 0.329 e. The van der Waals surface area contributed by atoms with Crippen molar-refractivity contribution in [3.8, 4) is 0 Å². The molecule has 3 fully saturated rings. The molecule has 1 aliphatic heterocycles. The summed E-state index contributed by atoms with van der Waals surface area (Å²) in [5.41, 5.74) is 6.06. The molecule has 14 heavy (non-hydrogen) atoms. The zero-order valence-electron chi connectivity index (χ0n) is 8.87. The Labute approximate surface area is 91.2 Å². The van der Waals surface area contributed by atoms with Gasteiger partial charge in [-0.3, -0.25) is 0 Å².